The van der Waals surface area contributed by atoms with Crippen LogP contribution in [0.5, 0.6) is 11.5 Å². The normalized spacial score (nSPS) is 10.8. The van der Waals surface area contributed by atoms with Crippen LogP contribution in [-0.2, 0) is 0 Å². The smallest absolute Gasteiger partial charge is 0.172 e. The molecule has 3 aromatic rings. The molecule has 96 valence electrons. The highest BCUT2D eigenvalue weighted by Crippen LogP contribution is 2.38. The summed E-state index contributed by atoms with van der Waals surface area (Å²) < 4.78 is 5.71. The molecule has 1 heterocycles. The van der Waals surface area contributed by atoms with Crippen molar-refractivity contribution in [3.8, 4) is 22.9 Å². The third kappa shape index (κ3) is 2.06. The van der Waals surface area contributed by atoms with Crippen molar-refractivity contribution in [3.05, 3.63) is 40.9 Å². The van der Waals surface area contributed by atoms with Crippen molar-refractivity contribution in [1.82, 2.24) is 9.97 Å². The molecule has 0 fully saturated rings. The molecule has 0 aliphatic carbocycles. The Labute approximate surface area is 118 Å². The van der Waals surface area contributed by atoms with Gasteiger partial charge >= 0.3 is 0 Å². The summed E-state index contributed by atoms with van der Waals surface area (Å²) in [5.74, 6) is 1.23. The van der Waals surface area contributed by atoms with Gasteiger partial charge in [0.05, 0.1) is 22.6 Å². The van der Waals surface area contributed by atoms with Gasteiger partial charge in [-0.05, 0) is 40.2 Å². The Hall–Kier alpha value is -2.01. The molecule has 0 atom stereocenters. The van der Waals surface area contributed by atoms with E-state index in [4.69, 9.17) is 4.74 Å². The Kier molecular flexibility index (Phi) is 2.91. The predicted octanol–water partition coefficient (Wildman–Crippen LogP) is 3.71. The fraction of sp³-hybridized carbons (Fsp3) is 0.0714. The fourth-order valence-electron chi connectivity index (χ4n) is 1.96. The molecule has 2 N–H and O–H groups in total. The highest BCUT2D eigenvalue weighted by molar-refractivity contribution is 9.10. The minimum Gasteiger partial charge on any atom is -0.503 e. The molecule has 0 spiro atoms. The van der Waals surface area contributed by atoms with Gasteiger partial charge in [0.25, 0.3) is 0 Å². The van der Waals surface area contributed by atoms with Crippen molar-refractivity contribution in [2.75, 3.05) is 7.11 Å². The maximum Gasteiger partial charge on any atom is 0.172 e. The number of ether oxygens (including phenoxy) is 1. The number of phenolic OH excluding ortho intramolecular Hbond substituents is 1. The van der Waals surface area contributed by atoms with Crippen molar-refractivity contribution in [1.29, 1.82) is 0 Å². The molecule has 0 aliphatic heterocycles. The van der Waals surface area contributed by atoms with E-state index in [2.05, 4.69) is 25.9 Å². The van der Waals surface area contributed by atoms with Crippen LogP contribution < -0.4 is 4.74 Å². The summed E-state index contributed by atoms with van der Waals surface area (Å²) in [5, 5.41) is 9.81. The molecular weight excluding hydrogens is 308 g/mol. The molecule has 0 radical (unpaired) electrons. The molecule has 2 aromatic carbocycles. The van der Waals surface area contributed by atoms with E-state index in [0.29, 0.717) is 10.2 Å². The Morgan fingerprint density at radius 1 is 1.26 bits per heavy atom. The van der Waals surface area contributed by atoms with Gasteiger partial charge in [0.2, 0.25) is 0 Å². The molecule has 0 unspecified atom stereocenters. The monoisotopic (exact) mass is 318 g/mol. The second kappa shape index (κ2) is 4.59. The number of phenols is 1. The molecule has 0 bridgehead atoms. The van der Waals surface area contributed by atoms with Crippen LogP contribution in [0.25, 0.3) is 22.4 Å². The zero-order valence-electron chi connectivity index (χ0n) is 10.1. The quantitative estimate of drug-likeness (QED) is 0.757. The number of hydrogen-bond acceptors (Lipinski definition) is 3. The Balaban J connectivity index is 2.18. The number of nitrogens with zero attached hydrogens (tertiary/aromatic N) is 1. The number of H-pyrrole nitrogens is 1. The number of benzene rings is 2. The van der Waals surface area contributed by atoms with E-state index < -0.39 is 0 Å². The molecule has 0 saturated heterocycles. The summed E-state index contributed by atoms with van der Waals surface area (Å²) in [5.41, 5.74) is 2.72. The topological polar surface area (TPSA) is 58.1 Å². The molecule has 3 rings (SSSR count). The number of aromatic amines is 1. The van der Waals surface area contributed by atoms with Gasteiger partial charge < -0.3 is 14.8 Å². The van der Waals surface area contributed by atoms with Crippen molar-refractivity contribution >= 4 is 27.0 Å². The van der Waals surface area contributed by atoms with Crippen LogP contribution in [0.1, 0.15) is 0 Å². The van der Waals surface area contributed by atoms with Crippen molar-refractivity contribution < 1.29 is 9.84 Å². The highest BCUT2D eigenvalue weighted by atomic mass is 79.9. The van der Waals surface area contributed by atoms with Crippen LogP contribution in [0.3, 0.4) is 0 Å². The first-order chi connectivity index (χ1) is 9.19. The van der Waals surface area contributed by atoms with E-state index in [-0.39, 0.29) is 5.75 Å². The van der Waals surface area contributed by atoms with Crippen LogP contribution in [-0.4, -0.2) is 22.2 Å². The van der Waals surface area contributed by atoms with Crippen molar-refractivity contribution in [2.24, 2.45) is 0 Å². The molecule has 1 aromatic heterocycles. The second-order valence-electron chi connectivity index (χ2n) is 4.11. The van der Waals surface area contributed by atoms with Gasteiger partial charge in [0, 0.05) is 5.56 Å². The first kappa shape index (κ1) is 12.0. The summed E-state index contributed by atoms with van der Waals surface area (Å²) in [7, 11) is 1.52. The van der Waals surface area contributed by atoms with E-state index >= 15 is 0 Å². The zero-order chi connectivity index (χ0) is 13.4. The first-order valence-electron chi connectivity index (χ1n) is 5.70. The van der Waals surface area contributed by atoms with Gasteiger partial charge in [-0.2, -0.15) is 0 Å². The van der Waals surface area contributed by atoms with Gasteiger partial charge in [0.1, 0.15) is 5.82 Å². The van der Waals surface area contributed by atoms with Crippen LogP contribution >= 0.6 is 15.9 Å². The number of nitrogens with one attached hydrogen (secondary N) is 1. The molecule has 0 aliphatic rings. The van der Waals surface area contributed by atoms with E-state index in [1.165, 1.54) is 7.11 Å². The lowest BCUT2D eigenvalue weighted by atomic mass is 10.2. The number of fused-ring (bicyclic) bond motifs is 1. The number of rotatable bonds is 2. The van der Waals surface area contributed by atoms with E-state index in [1.807, 2.05) is 24.3 Å². The third-order valence-electron chi connectivity index (χ3n) is 2.91. The van der Waals surface area contributed by atoms with Gasteiger partial charge in [-0.3, -0.25) is 0 Å². The number of imidazole rings is 1. The summed E-state index contributed by atoms with van der Waals surface area (Å²) in [6, 6.07) is 11.4. The zero-order valence-corrected chi connectivity index (χ0v) is 11.7. The number of hydrogen-bond donors (Lipinski definition) is 2. The van der Waals surface area contributed by atoms with Crippen LogP contribution in [0.15, 0.2) is 40.9 Å². The Bertz CT molecular complexity index is 719. The largest absolute Gasteiger partial charge is 0.503 e. The lowest BCUT2D eigenvalue weighted by Gasteiger charge is -2.07. The number of para-hydroxylation sites is 2. The lowest BCUT2D eigenvalue weighted by molar-refractivity contribution is 0.372. The third-order valence-corrected chi connectivity index (χ3v) is 3.52. The molecule has 0 amide bonds. The fourth-order valence-corrected chi connectivity index (χ4v) is 2.40. The molecule has 19 heavy (non-hydrogen) atoms. The Morgan fingerprint density at radius 3 is 2.79 bits per heavy atom. The summed E-state index contributed by atoms with van der Waals surface area (Å²) in [6.07, 6.45) is 0. The number of methoxy groups -OCH3 is 1. The standard InChI is InChI=1S/C14H11BrN2O2/c1-19-12-7-8(6-9(15)13(12)18)14-16-10-4-2-3-5-11(10)17-14/h2-7,18H,1H3,(H,16,17). The molecule has 5 heteroatoms. The van der Waals surface area contributed by atoms with Crippen molar-refractivity contribution in [3.63, 3.8) is 0 Å². The van der Waals surface area contributed by atoms with Crippen LogP contribution in [0.4, 0.5) is 0 Å². The van der Waals surface area contributed by atoms with Gasteiger partial charge in [-0.25, -0.2) is 4.98 Å². The predicted molar refractivity (Wildman–Crippen MR) is 77.4 cm³/mol. The summed E-state index contributed by atoms with van der Waals surface area (Å²) in [6.45, 7) is 0. The summed E-state index contributed by atoms with van der Waals surface area (Å²) in [4.78, 5) is 7.76. The maximum atomic E-state index is 9.81. The molecule has 4 nitrogen and oxygen atoms in total. The number of halogens is 1. The first-order valence-corrected chi connectivity index (χ1v) is 6.50. The number of aromatic hydroxyl groups is 1. The minimum absolute atomic E-state index is 0.0855. The van der Waals surface area contributed by atoms with Crippen LogP contribution in [0.2, 0.25) is 0 Å². The van der Waals surface area contributed by atoms with Gasteiger partial charge in [0.15, 0.2) is 11.5 Å². The molecular formula is C14H11BrN2O2. The average Bonchev–Trinajstić information content (AvgIpc) is 2.85. The minimum atomic E-state index is 0.0855. The lowest BCUT2D eigenvalue weighted by Crippen LogP contribution is -1.87. The van der Waals surface area contributed by atoms with E-state index in [9.17, 15) is 5.11 Å². The Morgan fingerprint density at radius 2 is 2.05 bits per heavy atom. The van der Waals surface area contributed by atoms with Crippen molar-refractivity contribution in [2.45, 2.75) is 0 Å². The maximum absolute atomic E-state index is 9.81. The van der Waals surface area contributed by atoms with Gasteiger partial charge in [-0.15, -0.1) is 0 Å². The number of aromatic nitrogens is 2. The van der Waals surface area contributed by atoms with E-state index in [1.54, 1.807) is 12.1 Å². The summed E-state index contributed by atoms with van der Waals surface area (Å²) >= 11 is 3.31. The second-order valence-corrected chi connectivity index (χ2v) is 4.97. The van der Waals surface area contributed by atoms with Gasteiger partial charge in [-0.1, -0.05) is 12.1 Å². The van der Waals surface area contributed by atoms with Crippen LogP contribution in [0, 0.1) is 0 Å². The van der Waals surface area contributed by atoms with E-state index in [0.717, 1.165) is 22.4 Å². The SMILES string of the molecule is COc1cc(-c2nc3ccccc3[nH]2)cc(Br)c1O. The highest BCUT2D eigenvalue weighted by Gasteiger charge is 2.12. The average molecular weight is 319 g/mol. The molecule has 0 saturated carbocycles.